The smallest absolute Gasteiger partial charge is 0.304 e. The number of aryl methyl sites for hydroxylation is 2. The van der Waals surface area contributed by atoms with Crippen LogP contribution in [0.25, 0.3) is 0 Å². The van der Waals surface area contributed by atoms with Crippen molar-refractivity contribution in [2.45, 2.75) is 63.3 Å². The molecule has 186 valence electrons. The van der Waals surface area contributed by atoms with Crippen LogP contribution in [-0.4, -0.2) is 23.4 Å². The van der Waals surface area contributed by atoms with Gasteiger partial charge in [-0.2, -0.15) is 0 Å². The summed E-state index contributed by atoms with van der Waals surface area (Å²) in [5, 5.41) is 12.7. The van der Waals surface area contributed by atoms with Crippen LogP contribution >= 0.6 is 23.4 Å². The van der Waals surface area contributed by atoms with Gasteiger partial charge >= 0.3 is 5.97 Å². The lowest BCUT2D eigenvalue weighted by Gasteiger charge is -2.19. The standard InChI is InChI=1S/C30H36ClNO2S/c1-22-9-10-25(18-23(22)2)19-26(27-7-5-8-28(31)20-27)6-3-4-17-35-29-13-11-24(12-14-29)21-32-16-15-30(33)34/h5,7-14,18,20,26,32H,3-4,6,15-17,19,21H2,1-2H3,(H,33,34). The van der Waals surface area contributed by atoms with Gasteiger partial charge in [-0.05, 0) is 96.9 Å². The van der Waals surface area contributed by atoms with Gasteiger partial charge in [-0.15, -0.1) is 11.8 Å². The van der Waals surface area contributed by atoms with Gasteiger partial charge in [-0.1, -0.05) is 60.5 Å². The maximum absolute atomic E-state index is 10.6. The first-order chi connectivity index (χ1) is 16.9. The van der Waals surface area contributed by atoms with Crippen LogP contribution in [-0.2, 0) is 17.8 Å². The number of carboxylic acid groups (broad SMARTS) is 1. The lowest BCUT2D eigenvalue weighted by molar-refractivity contribution is -0.136. The Kier molecular flexibility index (Phi) is 11.2. The number of hydrogen-bond acceptors (Lipinski definition) is 3. The van der Waals surface area contributed by atoms with Crippen molar-refractivity contribution in [2.24, 2.45) is 0 Å². The number of halogens is 1. The molecule has 0 aliphatic heterocycles. The molecule has 0 aliphatic rings. The van der Waals surface area contributed by atoms with Gasteiger partial charge in [0.1, 0.15) is 0 Å². The summed E-state index contributed by atoms with van der Waals surface area (Å²) >= 11 is 8.22. The number of aliphatic carboxylic acids is 1. The molecule has 3 aromatic rings. The van der Waals surface area contributed by atoms with Crippen LogP contribution in [0, 0.1) is 13.8 Å². The Balaban J connectivity index is 1.46. The van der Waals surface area contributed by atoms with Crippen LogP contribution in [0.4, 0.5) is 0 Å². The highest BCUT2D eigenvalue weighted by Gasteiger charge is 2.13. The Morgan fingerprint density at radius 3 is 2.46 bits per heavy atom. The molecule has 0 fully saturated rings. The molecule has 0 radical (unpaired) electrons. The van der Waals surface area contributed by atoms with Crippen LogP contribution in [0.5, 0.6) is 0 Å². The monoisotopic (exact) mass is 509 g/mol. The van der Waals surface area contributed by atoms with E-state index in [1.165, 1.54) is 45.6 Å². The van der Waals surface area contributed by atoms with Crippen molar-refractivity contribution in [1.82, 2.24) is 5.32 Å². The second-order valence-electron chi connectivity index (χ2n) is 9.18. The average Bonchev–Trinajstić information content (AvgIpc) is 2.84. The number of carboxylic acids is 1. The molecule has 0 spiro atoms. The Bertz CT molecular complexity index is 1080. The summed E-state index contributed by atoms with van der Waals surface area (Å²) in [5.41, 5.74) is 6.59. The fraction of sp³-hybridized carbons (Fsp3) is 0.367. The van der Waals surface area contributed by atoms with E-state index in [-0.39, 0.29) is 6.42 Å². The first kappa shape index (κ1) is 27.3. The molecule has 0 heterocycles. The van der Waals surface area contributed by atoms with Gasteiger partial charge in [0.2, 0.25) is 0 Å². The number of carbonyl (C=O) groups is 1. The molecule has 0 aromatic heterocycles. The van der Waals surface area contributed by atoms with Gasteiger partial charge in [0.25, 0.3) is 0 Å². The second-order valence-corrected chi connectivity index (χ2v) is 10.8. The van der Waals surface area contributed by atoms with Gasteiger partial charge in [0.15, 0.2) is 0 Å². The molecule has 1 atom stereocenters. The molecular formula is C30H36ClNO2S. The molecule has 2 N–H and O–H groups in total. The zero-order valence-electron chi connectivity index (χ0n) is 20.7. The Hall–Kier alpha value is -2.27. The van der Waals surface area contributed by atoms with E-state index in [1.54, 1.807) is 0 Å². The third-order valence-corrected chi connectivity index (χ3v) is 7.69. The van der Waals surface area contributed by atoms with Crippen LogP contribution in [0.1, 0.15) is 59.4 Å². The molecule has 0 bridgehead atoms. The minimum atomic E-state index is -0.770. The Labute approximate surface area is 219 Å². The first-order valence-electron chi connectivity index (χ1n) is 12.4. The number of benzene rings is 3. The van der Waals surface area contributed by atoms with Crippen LogP contribution in [0.3, 0.4) is 0 Å². The van der Waals surface area contributed by atoms with E-state index in [0.29, 0.717) is 19.0 Å². The van der Waals surface area contributed by atoms with Crippen LogP contribution in [0.2, 0.25) is 5.02 Å². The van der Waals surface area contributed by atoms with E-state index >= 15 is 0 Å². The summed E-state index contributed by atoms with van der Waals surface area (Å²) in [6, 6.07) is 23.7. The highest BCUT2D eigenvalue weighted by Crippen LogP contribution is 2.30. The van der Waals surface area contributed by atoms with Gasteiger partial charge < -0.3 is 10.4 Å². The highest BCUT2D eigenvalue weighted by atomic mass is 35.5. The van der Waals surface area contributed by atoms with Crippen molar-refractivity contribution in [3.63, 3.8) is 0 Å². The van der Waals surface area contributed by atoms with E-state index in [9.17, 15) is 4.79 Å². The van der Waals surface area contributed by atoms with Gasteiger partial charge in [-0.3, -0.25) is 4.79 Å². The minimum absolute atomic E-state index is 0.150. The number of rotatable bonds is 14. The molecule has 0 aliphatic carbocycles. The zero-order chi connectivity index (χ0) is 25.0. The highest BCUT2D eigenvalue weighted by molar-refractivity contribution is 7.99. The summed E-state index contributed by atoms with van der Waals surface area (Å²) in [5.74, 6) is 0.796. The zero-order valence-corrected chi connectivity index (χ0v) is 22.3. The predicted octanol–water partition coefficient (Wildman–Crippen LogP) is 7.81. The minimum Gasteiger partial charge on any atom is -0.481 e. The van der Waals surface area contributed by atoms with E-state index in [2.05, 4.69) is 79.8 Å². The fourth-order valence-corrected chi connectivity index (χ4v) is 5.29. The molecule has 1 unspecified atom stereocenters. The summed E-state index contributed by atoms with van der Waals surface area (Å²) in [6.07, 6.45) is 4.69. The maximum atomic E-state index is 10.6. The number of nitrogens with one attached hydrogen (secondary N) is 1. The lowest BCUT2D eigenvalue weighted by atomic mass is 9.87. The average molecular weight is 510 g/mol. The van der Waals surface area contributed by atoms with Gasteiger partial charge in [-0.25, -0.2) is 0 Å². The summed E-state index contributed by atoms with van der Waals surface area (Å²) in [6.45, 7) is 5.54. The van der Waals surface area contributed by atoms with Gasteiger partial charge in [0.05, 0.1) is 6.42 Å². The normalized spacial score (nSPS) is 12.0. The second kappa shape index (κ2) is 14.3. The SMILES string of the molecule is Cc1ccc(CC(CCCCSc2ccc(CNCCC(=O)O)cc2)c2cccc(Cl)c2)cc1C. The summed E-state index contributed by atoms with van der Waals surface area (Å²) in [4.78, 5) is 11.9. The van der Waals surface area contributed by atoms with E-state index in [4.69, 9.17) is 16.7 Å². The third-order valence-electron chi connectivity index (χ3n) is 6.36. The molecule has 35 heavy (non-hydrogen) atoms. The number of hydrogen-bond donors (Lipinski definition) is 2. The molecule has 3 nitrogen and oxygen atoms in total. The molecule has 3 rings (SSSR count). The van der Waals surface area contributed by atoms with Crippen molar-refractivity contribution in [3.8, 4) is 0 Å². The van der Waals surface area contributed by atoms with Crippen molar-refractivity contribution < 1.29 is 9.90 Å². The topological polar surface area (TPSA) is 49.3 Å². The third kappa shape index (κ3) is 9.71. The number of thioether (sulfide) groups is 1. The molecular weight excluding hydrogens is 474 g/mol. The van der Waals surface area contributed by atoms with E-state index in [1.807, 2.05) is 17.8 Å². The first-order valence-corrected chi connectivity index (χ1v) is 13.7. The molecule has 0 amide bonds. The Morgan fingerprint density at radius 2 is 1.74 bits per heavy atom. The largest absolute Gasteiger partial charge is 0.481 e. The van der Waals surface area contributed by atoms with Crippen molar-refractivity contribution in [2.75, 3.05) is 12.3 Å². The van der Waals surface area contributed by atoms with E-state index < -0.39 is 5.97 Å². The van der Waals surface area contributed by atoms with Crippen LogP contribution in [0.15, 0.2) is 71.6 Å². The van der Waals surface area contributed by atoms with E-state index in [0.717, 1.165) is 23.6 Å². The van der Waals surface area contributed by atoms with Crippen molar-refractivity contribution >= 4 is 29.3 Å². The summed E-state index contributed by atoms with van der Waals surface area (Å²) < 4.78 is 0. The predicted molar refractivity (Wildman–Crippen MR) is 149 cm³/mol. The molecule has 0 saturated heterocycles. The quantitative estimate of drug-likeness (QED) is 0.172. The molecule has 5 heteroatoms. The Morgan fingerprint density at radius 1 is 0.971 bits per heavy atom. The van der Waals surface area contributed by atoms with Crippen molar-refractivity contribution in [1.29, 1.82) is 0 Å². The lowest BCUT2D eigenvalue weighted by Crippen LogP contribution is -2.17. The fourth-order valence-electron chi connectivity index (χ4n) is 4.18. The van der Waals surface area contributed by atoms with Crippen LogP contribution < -0.4 is 5.32 Å². The van der Waals surface area contributed by atoms with Crippen molar-refractivity contribution in [3.05, 3.63) is 99.6 Å². The number of unbranched alkanes of at least 4 members (excludes halogenated alkanes) is 1. The molecule has 0 saturated carbocycles. The summed E-state index contributed by atoms with van der Waals surface area (Å²) in [7, 11) is 0. The van der Waals surface area contributed by atoms with Gasteiger partial charge in [0, 0.05) is 23.0 Å². The maximum Gasteiger partial charge on any atom is 0.304 e. The molecule has 3 aromatic carbocycles.